The highest BCUT2D eigenvalue weighted by Gasteiger charge is 2.19. The molecule has 1 aliphatic rings. The standard InChI is InChI=1S/C21H26N2O.ClH/c24-21(23-16-20-12-7-13-22-20)15-19(18-10-5-2-6-11-18)14-17-8-3-1-4-9-17;/h1-6,8-11,19-20,22H,7,12-16H2,(H,23,24);1H. The zero-order valence-corrected chi connectivity index (χ0v) is 15.3. The lowest BCUT2D eigenvalue weighted by molar-refractivity contribution is -0.121. The highest BCUT2D eigenvalue weighted by molar-refractivity contribution is 5.85. The number of hydrogen-bond donors (Lipinski definition) is 2. The van der Waals surface area contributed by atoms with Gasteiger partial charge in [0.05, 0.1) is 0 Å². The van der Waals surface area contributed by atoms with E-state index >= 15 is 0 Å². The molecule has 1 fully saturated rings. The van der Waals surface area contributed by atoms with Gasteiger partial charge in [-0.1, -0.05) is 60.7 Å². The zero-order valence-electron chi connectivity index (χ0n) is 14.5. The molecule has 2 aromatic carbocycles. The van der Waals surface area contributed by atoms with E-state index in [0.29, 0.717) is 12.5 Å². The van der Waals surface area contributed by atoms with Gasteiger partial charge in [-0.15, -0.1) is 12.4 Å². The van der Waals surface area contributed by atoms with Crippen LogP contribution in [0.2, 0.25) is 0 Å². The lowest BCUT2D eigenvalue weighted by atomic mass is 9.89. The number of nitrogens with one attached hydrogen (secondary N) is 2. The number of halogens is 1. The summed E-state index contributed by atoms with van der Waals surface area (Å²) in [4.78, 5) is 12.4. The molecule has 4 heteroatoms. The van der Waals surface area contributed by atoms with Gasteiger partial charge in [-0.2, -0.15) is 0 Å². The van der Waals surface area contributed by atoms with E-state index in [2.05, 4.69) is 47.0 Å². The summed E-state index contributed by atoms with van der Waals surface area (Å²) in [6.07, 6.45) is 3.79. The molecular weight excluding hydrogens is 332 g/mol. The first-order valence-electron chi connectivity index (χ1n) is 8.90. The molecule has 1 heterocycles. The Bertz CT molecular complexity index is 627. The molecule has 1 amide bonds. The van der Waals surface area contributed by atoms with Crippen molar-refractivity contribution in [2.45, 2.75) is 37.6 Å². The summed E-state index contributed by atoms with van der Waals surface area (Å²) in [7, 11) is 0. The van der Waals surface area contributed by atoms with Crippen molar-refractivity contribution in [3.05, 3.63) is 71.8 Å². The van der Waals surface area contributed by atoms with Crippen molar-refractivity contribution >= 4 is 18.3 Å². The first-order chi connectivity index (χ1) is 11.8. The molecular formula is C21H27ClN2O. The molecule has 2 unspecified atom stereocenters. The molecule has 2 atom stereocenters. The van der Waals surface area contributed by atoms with Gasteiger partial charge in [0.15, 0.2) is 0 Å². The van der Waals surface area contributed by atoms with Crippen LogP contribution in [0.3, 0.4) is 0 Å². The molecule has 0 spiro atoms. The Morgan fingerprint density at radius 3 is 2.40 bits per heavy atom. The van der Waals surface area contributed by atoms with E-state index in [9.17, 15) is 4.79 Å². The molecule has 2 aromatic rings. The van der Waals surface area contributed by atoms with Crippen molar-refractivity contribution in [3.63, 3.8) is 0 Å². The Labute approximate surface area is 156 Å². The quantitative estimate of drug-likeness (QED) is 0.792. The molecule has 0 saturated carbocycles. The maximum atomic E-state index is 12.4. The summed E-state index contributed by atoms with van der Waals surface area (Å²) in [6, 6.07) is 21.2. The fourth-order valence-electron chi connectivity index (χ4n) is 3.40. The third kappa shape index (κ3) is 6.18. The number of hydrogen-bond acceptors (Lipinski definition) is 2. The number of benzene rings is 2. The second-order valence-electron chi connectivity index (χ2n) is 6.60. The van der Waals surface area contributed by atoms with Crippen molar-refractivity contribution in [2.24, 2.45) is 0 Å². The molecule has 0 aromatic heterocycles. The second kappa shape index (κ2) is 10.2. The molecule has 0 radical (unpaired) electrons. The van der Waals surface area contributed by atoms with Crippen LogP contribution in [-0.4, -0.2) is 25.0 Å². The fourth-order valence-corrected chi connectivity index (χ4v) is 3.40. The van der Waals surface area contributed by atoms with E-state index < -0.39 is 0 Å². The minimum Gasteiger partial charge on any atom is -0.355 e. The summed E-state index contributed by atoms with van der Waals surface area (Å²) in [6.45, 7) is 1.81. The van der Waals surface area contributed by atoms with Crippen LogP contribution in [0.25, 0.3) is 0 Å². The zero-order chi connectivity index (χ0) is 16.6. The normalized spacial score (nSPS) is 17.5. The van der Waals surface area contributed by atoms with Crippen molar-refractivity contribution in [1.82, 2.24) is 10.6 Å². The van der Waals surface area contributed by atoms with E-state index in [1.165, 1.54) is 17.5 Å². The van der Waals surface area contributed by atoms with Gasteiger partial charge in [0.2, 0.25) is 5.91 Å². The maximum absolute atomic E-state index is 12.4. The molecule has 2 N–H and O–H groups in total. The lowest BCUT2D eigenvalue weighted by Gasteiger charge is -2.18. The fraction of sp³-hybridized carbons (Fsp3) is 0.381. The summed E-state index contributed by atoms with van der Waals surface area (Å²) >= 11 is 0. The topological polar surface area (TPSA) is 41.1 Å². The Balaban J connectivity index is 0.00000225. The van der Waals surface area contributed by atoms with Crippen molar-refractivity contribution < 1.29 is 4.79 Å². The van der Waals surface area contributed by atoms with Crippen LogP contribution in [0.4, 0.5) is 0 Å². The average Bonchev–Trinajstić information content (AvgIpc) is 3.15. The van der Waals surface area contributed by atoms with Crippen LogP contribution in [0.15, 0.2) is 60.7 Å². The van der Waals surface area contributed by atoms with Crippen molar-refractivity contribution in [3.8, 4) is 0 Å². The number of carbonyl (C=O) groups excluding carboxylic acids is 1. The summed E-state index contributed by atoms with van der Waals surface area (Å²) in [5.41, 5.74) is 2.51. The van der Waals surface area contributed by atoms with Gasteiger partial charge in [0.25, 0.3) is 0 Å². The third-order valence-electron chi connectivity index (χ3n) is 4.74. The smallest absolute Gasteiger partial charge is 0.220 e. The van der Waals surface area contributed by atoms with Crippen LogP contribution in [0.1, 0.15) is 36.3 Å². The highest BCUT2D eigenvalue weighted by Crippen LogP contribution is 2.24. The minimum atomic E-state index is 0. The second-order valence-corrected chi connectivity index (χ2v) is 6.60. The van der Waals surface area contributed by atoms with Crippen LogP contribution in [-0.2, 0) is 11.2 Å². The molecule has 3 rings (SSSR count). The van der Waals surface area contributed by atoms with Gasteiger partial charge in [-0.3, -0.25) is 4.79 Å². The molecule has 25 heavy (non-hydrogen) atoms. The molecule has 0 bridgehead atoms. The SMILES string of the molecule is Cl.O=C(CC(Cc1ccccc1)c1ccccc1)NCC1CCCN1. The predicted molar refractivity (Wildman–Crippen MR) is 105 cm³/mol. The van der Waals surface area contributed by atoms with Gasteiger partial charge >= 0.3 is 0 Å². The molecule has 3 nitrogen and oxygen atoms in total. The first-order valence-corrected chi connectivity index (χ1v) is 8.90. The minimum absolute atomic E-state index is 0. The Hall–Kier alpha value is -1.84. The predicted octanol–water partition coefficient (Wildman–Crippen LogP) is 3.69. The maximum Gasteiger partial charge on any atom is 0.220 e. The summed E-state index contributed by atoms with van der Waals surface area (Å²) in [5.74, 6) is 0.360. The van der Waals surface area contributed by atoms with Crippen LogP contribution < -0.4 is 10.6 Å². The Morgan fingerprint density at radius 1 is 1.08 bits per heavy atom. The van der Waals surface area contributed by atoms with Gasteiger partial charge in [-0.25, -0.2) is 0 Å². The summed E-state index contributed by atoms with van der Waals surface area (Å²) in [5, 5.41) is 6.53. The van der Waals surface area contributed by atoms with E-state index in [0.717, 1.165) is 25.9 Å². The third-order valence-corrected chi connectivity index (χ3v) is 4.74. The molecule has 1 aliphatic heterocycles. The highest BCUT2D eigenvalue weighted by atomic mass is 35.5. The number of carbonyl (C=O) groups is 1. The van der Waals surface area contributed by atoms with Gasteiger partial charge in [0, 0.05) is 19.0 Å². The van der Waals surface area contributed by atoms with E-state index in [1.54, 1.807) is 0 Å². The molecule has 1 saturated heterocycles. The van der Waals surface area contributed by atoms with E-state index in [4.69, 9.17) is 0 Å². The van der Waals surface area contributed by atoms with E-state index in [1.807, 2.05) is 24.3 Å². The van der Waals surface area contributed by atoms with Crippen LogP contribution >= 0.6 is 12.4 Å². The van der Waals surface area contributed by atoms with Crippen LogP contribution in [0.5, 0.6) is 0 Å². The first kappa shape index (κ1) is 19.5. The molecule has 0 aliphatic carbocycles. The van der Waals surface area contributed by atoms with Crippen LogP contribution in [0, 0.1) is 0 Å². The van der Waals surface area contributed by atoms with Crippen molar-refractivity contribution in [1.29, 1.82) is 0 Å². The number of amides is 1. The average molecular weight is 359 g/mol. The number of rotatable bonds is 7. The van der Waals surface area contributed by atoms with Gasteiger partial charge in [0.1, 0.15) is 0 Å². The monoisotopic (exact) mass is 358 g/mol. The Kier molecular flexibility index (Phi) is 7.96. The van der Waals surface area contributed by atoms with Gasteiger partial charge in [-0.05, 0) is 42.9 Å². The Morgan fingerprint density at radius 2 is 1.76 bits per heavy atom. The largest absolute Gasteiger partial charge is 0.355 e. The van der Waals surface area contributed by atoms with Crippen molar-refractivity contribution in [2.75, 3.05) is 13.1 Å². The molecule has 134 valence electrons. The van der Waals surface area contributed by atoms with E-state index in [-0.39, 0.29) is 24.2 Å². The van der Waals surface area contributed by atoms with Gasteiger partial charge < -0.3 is 10.6 Å². The summed E-state index contributed by atoms with van der Waals surface area (Å²) < 4.78 is 0. The lowest BCUT2D eigenvalue weighted by Crippen LogP contribution is -2.37.